The number of hydrogen-bond donors (Lipinski definition) is 7. The fourth-order valence-corrected chi connectivity index (χ4v) is 7.20. The number of aliphatic imine (C=N–C) groups is 1. The standard InChI is InChI=1S/C43H50N4O6/c1-2-7-33(48)23-35(50)24-34(49)15-12-29-13-17-40(52)41(20-29)53-42-11-6-10-39(51)36-16-14-30(43(44)45-19-18-28-8-4-3-5-9-28)21-31(36)22-32-25-46-38-27-47(42)26-37(32)38/h3-5,8-9,13-14,16-17,20-21,25,27,33,35,39,42-43,45,48,50-52H,2,7,11-12,15,18-19,22-24,26,44H2,1H3/p+1. The first kappa shape index (κ1) is 38.1. The molecule has 3 aromatic carbocycles. The molecule has 3 aliphatic rings. The number of nitrogens with one attached hydrogen (secondary N) is 2. The number of aryl methyl sites for hydroxylation is 1. The molecule has 10 heteroatoms. The number of Topliss-reactive ketones (excluding diaryl/α,β-unsaturated/α-hetero) is 1. The monoisotopic (exact) mass is 719 g/mol. The van der Waals surface area contributed by atoms with E-state index in [2.05, 4.69) is 35.4 Å². The van der Waals surface area contributed by atoms with Crippen LogP contribution >= 0.6 is 0 Å². The van der Waals surface area contributed by atoms with E-state index in [4.69, 9.17) is 15.5 Å². The summed E-state index contributed by atoms with van der Waals surface area (Å²) in [7, 11) is 0. The summed E-state index contributed by atoms with van der Waals surface area (Å²) in [6.07, 6.45) is 4.46. The van der Waals surface area contributed by atoms with Crippen LogP contribution in [0.5, 0.6) is 11.5 Å². The van der Waals surface area contributed by atoms with E-state index in [1.54, 1.807) is 18.2 Å². The number of phenolic OH excluding ortho intramolecular Hbond substituents is 1. The number of carbonyl (C=O) groups is 1. The Morgan fingerprint density at radius 1 is 1.08 bits per heavy atom. The molecule has 2 bridgehead atoms. The Labute approximate surface area is 311 Å². The van der Waals surface area contributed by atoms with Crippen LogP contribution < -0.4 is 20.7 Å². The zero-order chi connectivity index (χ0) is 37.3. The van der Waals surface area contributed by atoms with E-state index in [1.807, 2.05) is 49.7 Å². The number of nitrogens with zero attached hydrogens (tertiary/aromatic N) is 1. The highest BCUT2D eigenvalue weighted by molar-refractivity contribution is 5.87. The van der Waals surface area contributed by atoms with Gasteiger partial charge in [0.25, 0.3) is 0 Å². The van der Waals surface area contributed by atoms with E-state index in [-0.39, 0.29) is 49.1 Å². The van der Waals surface area contributed by atoms with Gasteiger partial charge in [0.05, 0.1) is 18.4 Å². The minimum Gasteiger partial charge on any atom is -0.504 e. The first-order valence-corrected chi connectivity index (χ1v) is 18.7. The van der Waals surface area contributed by atoms with Crippen LogP contribution in [-0.4, -0.2) is 63.9 Å². The summed E-state index contributed by atoms with van der Waals surface area (Å²) in [6.45, 7) is 3.32. The maximum Gasteiger partial charge on any atom is 0.247 e. The van der Waals surface area contributed by atoms with Gasteiger partial charge in [0.15, 0.2) is 11.5 Å². The predicted molar refractivity (Wildman–Crippen MR) is 204 cm³/mol. The number of ether oxygens (including phenoxy) is 1. The highest BCUT2D eigenvalue weighted by Gasteiger charge is 2.35. The average Bonchev–Trinajstić information content (AvgIpc) is 3.73. The van der Waals surface area contributed by atoms with Crippen molar-refractivity contribution < 1.29 is 34.9 Å². The lowest BCUT2D eigenvalue weighted by atomic mass is 9.92. The van der Waals surface area contributed by atoms with Gasteiger partial charge >= 0.3 is 0 Å². The molecule has 53 heavy (non-hydrogen) atoms. The highest BCUT2D eigenvalue weighted by atomic mass is 16.5. The molecule has 278 valence electrons. The van der Waals surface area contributed by atoms with Gasteiger partial charge in [-0.15, -0.1) is 0 Å². The van der Waals surface area contributed by atoms with E-state index < -0.39 is 24.5 Å². The van der Waals surface area contributed by atoms with Gasteiger partial charge in [-0.25, -0.2) is 0 Å². The molecule has 3 aliphatic heterocycles. The molecule has 3 heterocycles. The molecule has 0 saturated carbocycles. The van der Waals surface area contributed by atoms with E-state index >= 15 is 0 Å². The Morgan fingerprint density at radius 2 is 1.91 bits per heavy atom. The zero-order valence-electron chi connectivity index (χ0n) is 30.3. The number of ketones is 1. The molecule has 6 rings (SSSR count). The first-order valence-electron chi connectivity index (χ1n) is 18.7. The second-order valence-corrected chi connectivity index (χ2v) is 14.3. The Balaban J connectivity index is 1.14. The van der Waals surface area contributed by atoms with E-state index in [9.17, 15) is 25.2 Å². The van der Waals surface area contributed by atoms with Crippen LogP contribution in [0.4, 0.5) is 0 Å². The number of quaternary nitrogens is 1. The smallest absolute Gasteiger partial charge is 0.247 e. The number of aliphatic hydroxyl groups is 3. The lowest BCUT2D eigenvalue weighted by Crippen LogP contribution is -3.11. The number of aliphatic hydroxyl groups excluding tert-OH is 3. The molecular weight excluding hydrogens is 668 g/mol. The minimum absolute atomic E-state index is 0.00626. The molecule has 10 nitrogen and oxygen atoms in total. The fourth-order valence-electron chi connectivity index (χ4n) is 7.20. The number of fused-ring (bicyclic) bond motifs is 2. The van der Waals surface area contributed by atoms with Crippen molar-refractivity contribution >= 4 is 12.0 Å². The van der Waals surface area contributed by atoms with E-state index in [0.29, 0.717) is 25.8 Å². The van der Waals surface area contributed by atoms with Crippen LogP contribution in [0.25, 0.3) is 0 Å². The third-order valence-corrected chi connectivity index (χ3v) is 10.1. The summed E-state index contributed by atoms with van der Waals surface area (Å²) >= 11 is 0. The molecule has 0 saturated heterocycles. The van der Waals surface area contributed by atoms with Crippen molar-refractivity contribution in [2.45, 2.75) is 95.4 Å². The normalized spacial score (nSPS) is 20.7. The zero-order valence-corrected chi connectivity index (χ0v) is 30.3. The Kier molecular flexibility index (Phi) is 12.9. The molecule has 0 amide bonds. The highest BCUT2D eigenvalue weighted by Crippen LogP contribution is 2.32. The van der Waals surface area contributed by atoms with Crippen molar-refractivity contribution in [3.8, 4) is 23.3 Å². The summed E-state index contributed by atoms with van der Waals surface area (Å²) in [4.78, 5) is 18.3. The van der Waals surface area contributed by atoms with Gasteiger partial charge in [-0.05, 0) is 77.6 Å². The van der Waals surface area contributed by atoms with Crippen molar-refractivity contribution in [3.05, 3.63) is 118 Å². The molecule has 0 fully saturated rings. The quantitative estimate of drug-likeness (QED) is 0.0875. The maximum absolute atomic E-state index is 12.6. The number of phenols is 1. The molecule has 6 unspecified atom stereocenters. The van der Waals surface area contributed by atoms with E-state index in [1.165, 1.54) is 5.56 Å². The van der Waals surface area contributed by atoms with E-state index in [0.717, 1.165) is 63.4 Å². The van der Waals surface area contributed by atoms with Crippen LogP contribution in [0.15, 0.2) is 94.8 Å². The Bertz CT molecular complexity index is 1910. The van der Waals surface area contributed by atoms with Gasteiger partial charge in [0.1, 0.15) is 36.7 Å². The predicted octanol–water partition coefficient (Wildman–Crippen LogP) is 3.49. The number of benzene rings is 3. The number of rotatable bonds is 16. The van der Waals surface area contributed by atoms with Gasteiger partial charge in [-0.1, -0.05) is 79.8 Å². The molecule has 3 aromatic rings. The number of allylic oxidation sites excluding steroid dienone is 1. The maximum atomic E-state index is 12.6. The van der Waals surface area contributed by atoms with Crippen LogP contribution in [0, 0.1) is 11.8 Å². The van der Waals surface area contributed by atoms with Crippen molar-refractivity contribution in [2.24, 2.45) is 10.7 Å². The van der Waals surface area contributed by atoms with Crippen molar-refractivity contribution in [3.63, 3.8) is 0 Å². The average molecular weight is 720 g/mol. The number of carbonyl (C=O) groups excluding carboxylic acids is 1. The lowest BCUT2D eigenvalue weighted by molar-refractivity contribution is -0.885. The summed E-state index contributed by atoms with van der Waals surface area (Å²) < 4.78 is 6.45. The molecule has 0 spiro atoms. The second-order valence-electron chi connectivity index (χ2n) is 14.3. The SMILES string of the molecule is CCCC(O)CC(O)CC(=O)CCc1ccc(O)c(OC2CC#CC(O)c3ccc(C(N)NCCc4ccccc4)cc3CC3=C4C[NH+]2C=C4N=C3)c1. The van der Waals surface area contributed by atoms with Gasteiger partial charge < -0.3 is 30.9 Å². The van der Waals surface area contributed by atoms with Gasteiger partial charge in [0.2, 0.25) is 6.23 Å². The van der Waals surface area contributed by atoms with Gasteiger partial charge in [-0.2, -0.15) is 0 Å². The minimum atomic E-state index is -1.02. The van der Waals surface area contributed by atoms with Crippen molar-refractivity contribution in [2.75, 3.05) is 13.1 Å². The molecular formula is C43H51N4O6+. The number of hydrogen-bond acceptors (Lipinski definition) is 9. The third kappa shape index (κ3) is 10.1. The largest absolute Gasteiger partial charge is 0.504 e. The molecule has 0 radical (unpaired) electrons. The fraction of sp³-hybridized carbons (Fsp3) is 0.395. The van der Waals surface area contributed by atoms with Crippen LogP contribution in [0.3, 0.4) is 0 Å². The lowest BCUT2D eigenvalue weighted by Gasteiger charge is -2.23. The Hall–Kier alpha value is -4.60. The molecule has 0 aromatic heterocycles. The Morgan fingerprint density at radius 3 is 2.72 bits per heavy atom. The van der Waals surface area contributed by atoms with Crippen LogP contribution in [-0.2, 0) is 24.1 Å². The number of aromatic hydroxyl groups is 1. The van der Waals surface area contributed by atoms with Gasteiger partial charge in [-0.3, -0.25) is 20.0 Å². The third-order valence-electron chi connectivity index (χ3n) is 10.1. The summed E-state index contributed by atoms with van der Waals surface area (Å²) in [5, 5.41) is 45.7. The topological polar surface area (TPSA) is 162 Å². The molecule has 8 N–H and O–H groups in total. The van der Waals surface area contributed by atoms with Crippen molar-refractivity contribution in [1.82, 2.24) is 5.32 Å². The van der Waals surface area contributed by atoms with Crippen LogP contribution in [0.2, 0.25) is 0 Å². The summed E-state index contributed by atoms with van der Waals surface area (Å²) in [5.41, 5.74) is 14.3. The van der Waals surface area contributed by atoms with Crippen LogP contribution in [0.1, 0.15) is 85.5 Å². The molecule has 0 aliphatic carbocycles. The van der Waals surface area contributed by atoms with Crippen molar-refractivity contribution in [1.29, 1.82) is 0 Å². The molecule has 6 atom stereocenters. The number of nitrogens with two attached hydrogens (primary N) is 1. The first-order chi connectivity index (χ1) is 25.7. The summed E-state index contributed by atoms with van der Waals surface area (Å²) in [5.74, 6) is 6.34. The second kappa shape index (κ2) is 18.0. The van der Waals surface area contributed by atoms with Gasteiger partial charge in [0, 0.05) is 31.2 Å². The summed E-state index contributed by atoms with van der Waals surface area (Å²) in [6, 6.07) is 21.2.